The maximum absolute atomic E-state index is 13.1. The number of aromatic nitrogens is 1. The Morgan fingerprint density at radius 2 is 1.82 bits per heavy atom. The zero-order valence-electron chi connectivity index (χ0n) is 19.1. The zero-order chi connectivity index (χ0) is 25.0. The number of nitrogens with one attached hydrogen (secondary N) is 2. The SMILES string of the molecule is COc1ncc(NC(=O)C(=O)N2C[C@H](C)CC[C@H]2c2ccc(NS(C)(=O)=O)cc2)cc1C(N)=O. The fourth-order valence-corrected chi connectivity index (χ4v) is 4.45. The van der Waals surface area contributed by atoms with E-state index in [9.17, 15) is 22.8 Å². The number of hydrogen-bond acceptors (Lipinski definition) is 7. The van der Waals surface area contributed by atoms with Crippen molar-refractivity contribution in [2.24, 2.45) is 11.7 Å². The van der Waals surface area contributed by atoms with Crippen molar-refractivity contribution in [1.29, 1.82) is 0 Å². The van der Waals surface area contributed by atoms with Gasteiger partial charge in [0.1, 0.15) is 5.56 Å². The molecule has 1 aliphatic heterocycles. The average molecular weight is 490 g/mol. The lowest BCUT2D eigenvalue weighted by atomic mass is 9.89. The van der Waals surface area contributed by atoms with E-state index >= 15 is 0 Å². The van der Waals surface area contributed by atoms with Crippen LogP contribution in [0.5, 0.6) is 5.88 Å². The van der Waals surface area contributed by atoms with Crippen molar-refractivity contribution in [2.75, 3.05) is 29.9 Å². The largest absolute Gasteiger partial charge is 0.480 e. The predicted octanol–water partition coefficient (Wildman–Crippen LogP) is 1.50. The Morgan fingerprint density at radius 3 is 2.41 bits per heavy atom. The number of nitrogens with zero attached hydrogens (tertiary/aromatic N) is 2. The first-order valence-corrected chi connectivity index (χ1v) is 12.4. The van der Waals surface area contributed by atoms with Crippen LogP contribution in [0.4, 0.5) is 11.4 Å². The third-order valence-electron chi connectivity index (χ3n) is 5.44. The molecule has 3 rings (SSSR count). The number of pyridine rings is 1. The first-order chi connectivity index (χ1) is 16.0. The van der Waals surface area contributed by atoms with Gasteiger partial charge < -0.3 is 20.7 Å². The summed E-state index contributed by atoms with van der Waals surface area (Å²) in [6, 6.07) is 7.65. The van der Waals surface area contributed by atoms with Crippen LogP contribution in [0.1, 0.15) is 41.7 Å². The number of likely N-dealkylation sites (tertiary alicyclic amines) is 1. The number of anilines is 2. The van der Waals surface area contributed by atoms with Crippen LogP contribution in [-0.4, -0.2) is 55.9 Å². The molecule has 1 aromatic heterocycles. The number of nitrogens with two attached hydrogens (primary N) is 1. The van der Waals surface area contributed by atoms with Gasteiger partial charge in [0.25, 0.3) is 5.91 Å². The first kappa shape index (κ1) is 25.0. The van der Waals surface area contributed by atoms with Crippen LogP contribution in [0.3, 0.4) is 0 Å². The number of benzene rings is 1. The molecule has 2 heterocycles. The van der Waals surface area contributed by atoms with Crippen LogP contribution in [0.25, 0.3) is 0 Å². The molecular formula is C22H27N5O6S. The van der Waals surface area contributed by atoms with Gasteiger partial charge in [0.15, 0.2) is 0 Å². The Labute approximate surface area is 197 Å². The lowest BCUT2D eigenvalue weighted by Gasteiger charge is -2.38. The topological polar surface area (TPSA) is 161 Å². The van der Waals surface area contributed by atoms with Gasteiger partial charge in [-0.2, -0.15) is 0 Å². The summed E-state index contributed by atoms with van der Waals surface area (Å²) in [5, 5.41) is 2.47. The number of ether oxygens (including phenoxy) is 1. The van der Waals surface area contributed by atoms with E-state index in [1.165, 1.54) is 24.3 Å². The third kappa shape index (κ3) is 6.01. The second kappa shape index (κ2) is 10.1. The van der Waals surface area contributed by atoms with E-state index in [-0.39, 0.29) is 29.1 Å². The highest BCUT2D eigenvalue weighted by Crippen LogP contribution is 2.34. The van der Waals surface area contributed by atoms with Gasteiger partial charge in [0.05, 0.1) is 31.3 Å². The molecule has 0 radical (unpaired) electrons. The van der Waals surface area contributed by atoms with E-state index < -0.39 is 27.7 Å². The van der Waals surface area contributed by atoms with Crippen LogP contribution < -0.4 is 20.5 Å². The minimum absolute atomic E-state index is 0.00977. The second-order valence-electron chi connectivity index (χ2n) is 8.25. The van der Waals surface area contributed by atoms with E-state index in [2.05, 4.69) is 15.0 Å². The van der Waals surface area contributed by atoms with Crippen molar-refractivity contribution < 1.29 is 27.5 Å². The Hall–Kier alpha value is -3.67. The fourth-order valence-electron chi connectivity index (χ4n) is 3.89. The smallest absolute Gasteiger partial charge is 0.313 e. The van der Waals surface area contributed by atoms with Crippen molar-refractivity contribution in [2.45, 2.75) is 25.8 Å². The number of methoxy groups -OCH3 is 1. The number of piperidine rings is 1. The molecule has 182 valence electrons. The van der Waals surface area contributed by atoms with E-state index in [0.717, 1.165) is 18.2 Å². The highest BCUT2D eigenvalue weighted by Gasteiger charge is 2.34. The maximum Gasteiger partial charge on any atom is 0.313 e. The highest BCUT2D eigenvalue weighted by molar-refractivity contribution is 7.92. The summed E-state index contributed by atoms with van der Waals surface area (Å²) in [5.74, 6) is -2.19. The first-order valence-electron chi connectivity index (χ1n) is 10.5. The Morgan fingerprint density at radius 1 is 1.15 bits per heavy atom. The molecular weight excluding hydrogens is 462 g/mol. The van der Waals surface area contributed by atoms with Crippen molar-refractivity contribution >= 4 is 39.1 Å². The standard InChI is InChI=1S/C22H27N5O6S/c1-13-4-9-18(14-5-7-15(8-6-14)26-34(3,31)32)27(12-13)22(30)20(29)25-16-10-17(19(23)28)21(33-2)24-11-16/h5-8,10-11,13,18,26H,4,9,12H2,1-3H3,(H2,23,28)(H,25,29)/t13-,18+/m1/s1. The third-order valence-corrected chi connectivity index (χ3v) is 6.05. The molecule has 1 aromatic carbocycles. The minimum atomic E-state index is -3.41. The quantitative estimate of drug-likeness (QED) is 0.518. The molecule has 0 spiro atoms. The number of carbonyl (C=O) groups excluding carboxylic acids is 3. The lowest BCUT2D eigenvalue weighted by Crippen LogP contribution is -2.46. The lowest BCUT2D eigenvalue weighted by molar-refractivity contribution is -0.146. The van der Waals surface area contributed by atoms with E-state index in [4.69, 9.17) is 10.5 Å². The minimum Gasteiger partial charge on any atom is -0.480 e. The van der Waals surface area contributed by atoms with Crippen molar-refractivity contribution in [3.8, 4) is 5.88 Å². The Kier molecular flexibility index (Phi) is 7.40. The number of carbonyl (C=O) groups is 3. The molecule has 0 unspecified atom stereocenters. The average Bonchev–Trinajstić information content (AvgIpc) is 2.78. The molecule has 0 aliphatic carbocycles. The van der Waals surface area contributed by atoms with Gasteiger partial charge in [-0.3, -0.25) is 19.1 Å². The van der Waals surface area contributed by atoms with Crippen molar-refractivity contribution in [3.63, 3.8) is 0 Å². The molecule has 2 atom stereocenters. The number of hydrogen-bond donors (Lipinski definition) is 3. The van der Waals surface area contributed by atoms with Gasteiger partial charge in [-0.15, -0.1) is 0 Å². The van der Waals surface area contributed by atoms with Crippen LogP contribution in [0.15, 0.2) is 36.5 Å². The number of primary amides is 1. The summed E-state index contributed by atoms with van der Waals surface area (Å²) in [6.07, 6.45) is 3.84. The Balaban J connectivity index is 1.80. The van der Waals surface area contributed by atoms with Gasteiger partial charge in [-0.1, -0.05) is 19.1 Å². The van der Waals surface area contributed by atoms with E-state index in [1.54, 1.807) is 24.3 Å². The molecule has 2 aromatic rings. The van der Waals surface area contributed by atoms with Crippen molar-refractivity contribution in [3.05, 3.63) is 47.7 Å². The van der Waals surface area contributed by atoms with Gasteiger partial charge in [0.2, 0.25) is 15.9 Å². The molecule has 34 heavy (non-hydrogen) atoms. The molecule has 3 amide bonds. The molecule has 1 saturated heterocycles. The predicted molar refractivity (Wildman–Crippen MR) is 126 cm³/mol. The van der Waals surface area contributed by atoms with Gasteiger partial charge in [-0.25, -0.2) is 13.4 Å². The summed E-state index contributed by atoms with van der Waals surface area (Å²) < 4.78 is 30.3. The van der Waals surface area contributed by atoms with Gasteiger partial charge in [-0.05, 0) is 42.5 Å². The van der Waals surface area contributed by atoms with Crippen LogP contribution in [-0.2, 0) is 19.6 Å². The van der Waals surface area contributed by atoms with Gasteiger partial charge >= 0.3 is 11.8 Å². The fraction of sp³-hybridized carbons (Fsp3) is 0.364. The zero-order valence-corrected chi connectivity index (χ0v) is 19.9. The highest BCUT2D eigenvalue weighted by atomic mass is 32.2. The number of sulfonamides is 1. The maximum atomic E-state index is 13.1. The van der Waals surface area contributed by atoms with Crippen LogP contribution >= 0.6 is 0 Å². The normalized spacial score (nSPS) is 18.1. The summed E-state index contributed by atoms with van der Waals surface area (Å²) in [6.45, 7) is 2.38. The molecule has 12 heteroatoms. The number of amides is 3. The monoisotopic (exact) mass is 489 g/mol. The summed E-state index contributed by atoms with van der Waals surface area (Å²) in [4.78, 5) is 43.0. The summed E-state index contributed by atoms with van der Waals surface area (Å²) in [5.41, 5.74) is 6.62. The van der Waals surface area contributed by atoms with Crippen LogP contribution in [0, 0.1) is 5.92 Å². The second-order valence-corrected chi connectivity index (χ2v) is 10.00. The molecule has 4 N–H and O–H groups in total. The Bertz CT molecular complexity index is 1200. The molecule has 1 aliphatic rings. The van der Waals surface area contributed by atoms with Crippen LogP contribution in [0.2, 0.25) is 0 Å². The summed E-state index contributed by atoms with van der Waals surface area (Å²) >= 11 is 0. The summed E-state index contributed by atoms with van der Waals surface area (Å²) in [7, 11) is -2.08. The van der Waals surface area contributed by atoms with Gasteiger partial charge in [0, 0.05) is 12.2 Å². The molecule has 11 nitrogen and oxygen atoms in total. The van der Waals surface area contributed by atoms with Crippen molar-refractivity contribution in [1.82, 2.24) is 9.88 Å². The van der Waals surface area contributed by atoms with E-state index in [0.29, 0.717) is 18.7 Å². The number of rotatable bonds is 6. The molecule has 0 saturated carbocycles. The van der Waals surface area contributed by atoms with E-state index in [1.807, 2.05) is 6.92 Å². The molecule has 1 fully saturated rings. The molecule has 0 bridgehead atoms.